The summed E-state index contributed by atoms with van der Waals surface area (Å²) in [6.45, 7) is 9.73. The van der Waals surface area contributed by atoms with Crippen LogP contribution in [-0.2, 0) is 19.1 Å². The van der Waals surface area contributed by atoms with Gasteiger partial charge in [-0.25, -0.2) is 9.59 Å². The Balaban J connectivity index is 5.15. The zero-order chi connectivity index (χ0) is 16.1. The van der Waals surface area contributed by atoms with Gasteiger partial charge in [-0.1, -0.05) is 26.7 Å². The molecule has 0 radical (unpaired) electrons. The van der Waals surface area contributed by atoms with Crippen LogP contribution in [0.1, 0.15) is 53.4 Å². The topological polar surface area (TPSA) is 55.8 Å². The Morgan fingerprint density at radius 1 is 0.905 bits per heavy atom. The summed E-state index contributed by atoms with van der Waals surface area (Å²) in [5, 5.41) is 0. The third kappa shape index (κ3) is 8.38. The van der Waals surface area contributed by atoms with Crippen LogP contribution in [0.2, 0.25) is 0 Å². The standard InChI is InChI=1S/C16H29NO4/c1-5-9-11-17(12-10-6-2)14(16(19)21-8-4)13-15(18)20-7-3/h13H,5-12H2,1-4H3/b14-13+. The molecule has 122 valence electrons. The summed E-state index contributed by atoms with van der Waals surface area (Å²) in [6.07, 6.45) is 5.23. The summed E-state index contributed by atoms with van der Waals surface area (Å²) < 4.78 is 9.98. The molecule has 0 fully saturated rings. The van der Waals surface area contributed by atoms with Crippen LogP contribution in [0.5, 0.6) is 0 Å². The Morgan fingerprint density at radius 2 is 1.43 bits per heavy atom. The minimum absolute atomic E-state index is 0.286. The fraction of sp³-hybridized carbons (Fsp3) is 0.750. The second-order valence-corrected chi connectivity index (χ2v) is 4.70. The lowest BCUT2D eigenvalue weighted by Gasteiger charge is -2.25. The first-order chi connectivity index (χ1) is 10.1. The smallest absolute Gasteiger partial charge is 0.354 e. The molecule has 0 aliphatic rings. The van der Waals surface area contributed by atoms with E-state index in [0.717, 1.165) is 38.8 Å². The van der Waals surface area contributed by atoms with Crippen molar-refractivity contribution < 1.29 is 19.1 Å². The highest BCUT2D eigenvalue weighted by atomic mass is 16.5. The Bertz CT molecular complexity index is 331. The number of carbonyl (C=O) groups excluding carboxylic acids is 2. The molecule has 5 heteroatoms. The van der Waals surface area contributed by atoms with Crippen molar-refractivity contribution in [1.82, 2.24) is 4.90 Å². The number of hydrogen-bond acceptors (Lipinski definition) is 5. The summed E-state index contributed by atoms with van der Waals surface area (Å²) >= 11 is 0. The molecule has 21 heavy (non-hydrogen) atoms. The van der Waals surface area contributed by atoms with E-state index in [4.69, 9.17) is 9.47 Å². The first-order valence-electron chi connectivity index (χ1n) is 7.91. The Kier molecular flexibility index (Phi) is 11.4. The second kappa shape index (κ2) is 12.2. The first-order valence-corrected chi connectivity index (χ1v) is 7.91. The fourth-order valence-corrected chi connectivity index (χ4v) is 1.83. The molecular weight excluding hydrogens is 270 g/mol. The van der Waals surface area contributed by atoms with Gasteiger partial charge in [0.25, 0.3) is 0 Å². The predicted molar refractivity (Wildman–Crippen MR) is 82.7 cm³/mol. The average molecular weight is 299 g/mol. The van der Waals surface area contributed by atoms with E-state index in [2.05, 4.69) is 13.8 Å². The average Bonchev–Trinajstić information content (AvgIpc) is 2.46. The number of esters is 2. The summed E-state index contributed by atoms with van der Waals surface area (Å²) in [4.78, 5) is 25.7. The highest BCUT2D eigenvalue weighted by molar-refractivity contribution is 5.95. The van der Waals surface area contributed by atoms with Crippen molar-refractivity contribution in [3.63, 3.8) is 0 Å². The molecule has 0 spiro atoms. The zero-order valence-electron chi connectivity index (χ0n) is 13.8. The fourth-order valence-electron chi connectivity index (χ4n) is 1.83. The summed E-state index contributed by atoms with van der Waals surface area (Å²) in [5.74, 6) is -0.962. The van der Waals surface area contributed by atoms with Gasteiger partial charge >= 0.3 is 11.9 Å². The molecule has 0 amide bonds. The maximum absolute atomic E-state index is 12.1. The van der Waals surface area contributed by atoms with Crippen molar-refractivity contribution in [3.8, 4) is 0 Å². The van der Waals surface area contributed by atoms with E-state index >= 15 is 0 Å². The Hall–Kier alpha value is -1.52. The van der Waals surface area contributed by atoms with Crippen LogP contribution in [-0.4, -0.2) is 43.1 Å². The Morgan fingerprint density at radius 3 is 1.86 bits per heavy atom. The molecule has 0 aliphatic carbocycles. The molecule has 0 bridgehead atoms. The SMILES string of the molecule is CCCCN(CCCC)/C(=C/C(=O)OCC)C(=O)OCC. The minimum atomic E-state index is -0.501. The molecule has 0 saturated heterocycles. The number of unbranched alkanes of at least 4 members (excludes halogenated alkanes) is 2. The molecule has 0 unspecified atom stereocenters. The highest BCUT2D eigenvalue weighted by Crippen LogP contribution is 2.11. The van der Waals surface area contributed by atoms with Crippen LogP contribution in [0.3, 0.4) is 0 Å². The number of hydrogen-bond donors (Lipinski definition) is 0. The van der Waals surface area contributed by atoms with Crippen molar-refractivity contribution in [2.24, 2.45) is 0 Å². The first kappa shape index (κ1) is 19.5. The van der Waals surface area contributed by atoms with Gasteiger partial charge in [0.05, 0.1) is 19.3 Å². The van der Waals surface area contributed by atoms with Crippen molar-refractivity contribution in [2.45, 2.75) is 53.4 Å². The maximum Gasteiger partial charge on any atom is 0.354 e. The molecule has 0 aromatic heterocycles. The lowest BCUT2D eigenvalue weighted by atomic mass is 10.2. The molecule has 0 N–H and O–H groups in total. The minimum Gasteiger partial charge on any atom is -0.463 e. The second-order valence-electron chi connectivity index (χ2n) is 4.70. The van der Waals surface area contributed by atoms with Crippen LogP contribution in [0.15, 0.2) is 11.8 Å². The number of rotatable bonds is 11. The monoisotopic (exact) mass is 299 g/mol. The van der Waals surface area contributed by atoms with Gasteiger partial charge in [-0.3, -0.25) is 0 Å². The van der Waals surface area contributed by atoms with E-state index in [0.29, 0.717) is 5.70 Å². The van der Waals surface area contributed by atoms with E-state index in [1.807, 2.05) is 4.90 Å². The van der Waals surface area contributed by atoms with Gasteiger partial charge in [-0.2, -0.15) is 0 Å². The third-order valence-electron chi connectivity index (χ3n) is 2.93. The lowest BCUT2D eigenvalue weighted by molar-refractivity contribution is -0.142. The zero-order valence-corrected chi connectivity index (χ0v) is 13.8. The van der Waals surface area contributed by atoms with Gasteiger partial charge in [0.2, 0.25) is 0 Å². The van der Waals surface area contributed by atoms with Crippen LogP contribution in [0, 0.1) is 0 Å². The van der Waals surface area contributed by atoms with Gasteiger partial charge < -0.3 is 14.4 Å². The van der Waals surface area contributed by atoms with Gasteiger partial charge in [-0.05, 0) is 26.7 Å². The molecule has 0 atom stereocenters. The van der Waals surface area contributed by atoms with Crippen molar-refractivity contribution in [2.75, 3.05) is 26.3 Å². The van der Waals surface area contributed by atoms with E-state index < -0.39 is 11.9 Å². The predicted octanol–water partition coefficient (Wildman–Crippen LogP) is 2.90. The normalized spacial score (nSPS) is 11.1. The molecule has 5 nitrogen and oxygen atoms in total. The van der Waals surface area contributed by atoms with Crippen molar-refractivity contribution >= 4 is 11.9 Å². The largest absolute Gasteiger partial charge is 0.463 e. The van der Waals surface area contributed by atoms with Crippen molar-refractivity contribution in [1.29, 1.82) is 0 Å². The molecule has 0 aromatic carbocycles. The van der Waals surface area contributed by atoms with Gasteiger partial charge in [0.15, 0.2) is 0 Å². The lowest BCUT2D eigenvalue weighted by Crippen LogP contribution is -2.31. The van der Waals surface area contributed by atoms with Crippen LogP contribution in [0.25, 0.3) is 0 Å². The van der Waals surface area contributed by atoms with Crippen LogP contribution < -0.4 is 0 Å². The molecular formula is C16H29NO4. The van der Waals surface area contributed by atoms with Gasteiger partial charge in [0, 0.05) is 13.1 Å². The number of carbonyl (C=O) groups is 2. The summed E-state index contributed by atoms with van der Waals surface area (Å²) in [7, 11) is 0. The van der Waals surface area contributed by atoms with Crippen molar-refractivity contribution in [3.05, 3.63) is 11.8 Å². The summed E-state index contributed by atoms with van der Waals surface area (Å²) in [6, 6.07) is 0. The maximum atomic E-state index is 12.1. The number of ether oxygens (including phenoxy) is 2. The quantitative estimate of drug-likeness (QED) is 0.434. The Labute approximate surface area is 128 Å². The van der Waals surface area contributed by atoms with E-state index in [9.17, 15) is 9.59 Å². The molecule has 0 rings (SSSR count). The number of nitrogens with zero attached hydrogens (tertiary/aromatic N) is 1. The molecule has 0 aromatic rings. The van der Waals surface area contributed by atoms with Gasteiger partial charge in [0.1, 0.15) is 5.70 Å². The van der Waals surface area contributed by atoms with Gasteiger partial charge in [-0.15, -0.1) is 0 Å². The van der Waals surface area contributed by atoms with Crippen LogP contribution in [0.4, 0.5) is 0 Å². The third-order valence-corrected chi connectivity index (χ3v) is 2.93. The molecule has 0 aliphatic heterocycles. The van der Waals surface area contributed by atoms with Crippen LogP contribution >= 0.6 is 0 Å². The van der Waals surface area contributed by atoms with E-state index in [1.54, 1.807) is 13.8 Å². The highest BCUT2D eigenvalue weighted by Gasteiger charge is 2.20. The van der Waals surface area contributed by atoms with E-state index in [1.165, 1.54) is 6.08 Å². The molecule has 0 saturated carbocycles. The van der Waals surface area contributed by atoms with E-state index in [-0.39, 0.29) is 13.2 Å². The molecule has 0 heterocycles. The summed E-state index contributed by atoms with van der Waals surface area (Å²) in [5.41, 5.74) is 0.303.